The molecule has 1 aromatic carbocycles. The van der Waals surface area contributed by atoms with Gasteiger partial charge in [-0.15, -0.1) is 0 Å². The number of rotatable bonds is 8. The second-order valence-electron chi connectivity index (χ2n) is 4.33. The minimum Gasteiger partial charge on any atom is -0.493 e. The zero-order valence-corrected chi connectivity index (χ0v) is 11.7. The lowest BCUT2D eigenvalue weighted by Gasteiger charge is -2.13. The molecule has 0 atom stereocenters. The van der Waals surface area contributed by atoms with Crippen LogP contribution >= 0.6 is 0 Å². The molecule has 0 spiro atoms. The van der Waals surface area contributed by atoms with Crippen molar-refractivity contribution in [3.63, 3.8) is 0 Å². The number of methoxy groups -OCH3 is 1. The maximum Gasteiger partial charge on any atom is 0.389 e. The first-order valence-electron chi connectivity index (χ1n) is 6.53. The van der Waals surface area contributed by atoms with Gasteiger partial charge in [0.15, 0.2) is 11.5 Å². The largest absolute Gasteiger partial charge is 0.493 e. The Morgan fingerprint density at radius 3 is 2.55 bits per heavy atom. The molecule has 1 rings (SSSR count). The van der Waals surface area contributed by atoms with Crippen molar-refractivity contribution in [3.05, 3.63) is 23.8 Å². The van der Waals surface area contributed by atoms with Gasteiger partial charge in [-0.1, -0.05) is 13.0 Å². The van der Waals surface area contributed by atoms with Crippen molar-refractivity contribution in [3.8, 4) is 11.5 Å². The van der Waals surface area contributed by atoms with Crippen molar-refractivity contribution in [1.82, 2.24) is 5.32 Å². The van der Waals surface area contributed by atoms with E-state index in [9.17, 15) is 13.2 Å². The van der Waals surface area contributed by atoms with Gasteiger partial charge in [0.05, 0.1) is 13.7 Å². The van der Waals surface area contributed by atoms with E-state index < -0.39 is 12.6 Å². The van der Waals surface area contributed by atoms with E-state index in [1.54, 1.807) is 6.07 Å². The molecule has 0 fully saturated rings. The predicted octanol–water partition coefficient (Wildman–Crippen LogP) is 3.53. The quantitative estimate of drug-likeness (QED) is 0.743. The summed E-state index contributed by atoms with van der Waals surface area (Å²) in [4.78, 5) is 0. The molecule has 0 aliphatic rings. The van der Waals surface area contributed by atoms with Crippen molar-refractivity contribution in [1.29, 1.82) is 0 Å². The van der Waals surface area contributed by atoms with Crippen LogP contribution in [0.15, 0.2) is 18.2 Å². The molecule has 20 heavy (non-hydrogen) atoms. The first kappa shape index (κ1) is 16.6. The summed E-state index contributed by atoms with van der Waals surface area (Å²) < 4.78 is 46.6. The second-order valence-corrected chi connectivity index (χ2v) is 4.33. The van der Waals surface area contributed by atoms with Crippen LogP contribution in [0.2, 0.25) is 0 Å². The second kappa shape index (κ2) is 7.99. The molecule has 3 nitrogen and oxygen atoms in total. The van der Waals surface area contributed by atoms with Gasteiger partial charge in [-0.3, -0.25) is 0 Å². The molecule has 0 radical (unpaired) electrons. The average molecular weight is 291 g/mol. The molecule has 0 heterocycles. The summed E-state index contributed by atoms with van der Waals surface area (Å²) >= 11 is 0. The smallest absolute Gasteiger partial charge is 0.389 e. The van der Waals surface area contributed by atoms with Gasteiger partial charge in [-0.25, -0.2) is 0 Å². The normalized spacial score (nSPS) is 11.4. The molecule has 0 unspecified atom stereocenters. The van der Waals surface area contributed by atoms with Gasteiger partial charge in [0.1, 0.15) is 0 Å². The van der Waals surface area contributed by atoms with Crippen molar-refractivity contribution < 1.29 is 22.6 Å². The zero-order valence-electron chi connectivity index (χ0n) is 11.7. The van der Waals surface area contributed by atoms with Gasteiger partial charge < -0.3 is 14.8 Å². The molecular formula is C14H20F3NO2. The van der Waals surface area contributed by atoms with E-state index in [2.05, 4.69) is 5.32 Å². The van der Waals surface area contributed by atoms with Gasteiger partial charge in [0.25, 0.3) is 0 Å². The Morgan fingerprint density at radius 1 is 1.20 bits per heavy atom. The van der Waals surface area contributed by atoms with Crippen molar-refractivity contribution in [2.24, 2.45) is 0 Å². The Morgan fingerprint density at radius 2 is 1.95 bits per heavy atom. The Kier molecular flexibility index (Phi) is 6.64. The lowest BCUT2D eigenvalue weighted by atomic mass is 10.2. The van der Waals surface area contributed by atoms with Crippen LogP contribution in [-0.2, 0) is 6.54 Å². The third-order valence-corrected chi connectivity index (χ3v) is 2.67. The molecule has 0 saturated carbocycles. The lowest BCUT2D eigenvalue weighted by Crippen LogP contribution is -2.12. The first-order chi connectivity index (χ1) is 9.46. The molecule has 6 heteroatoms. The number of alkyl halides is 3. The highest BCUT2D eigenvalue weighted by atomic mass is 19.4. The monoisotopic (exact) mass is 291 g/mol. The minimum absolute atomic E-state index is 0.0163. The molecule has 0 aliphatic carbocycles. The third kappa shape index (κ3) is 6.14. The molecule has 0 bridgehead atoms. The summed E-state index contributed by atoms with van der Waals surface area (Å²) in [6.07, 6.45) is -5.04. The number of hydrogen-bond donors (Lipinski definition) is 1. The number of nitrogens with one attached hydrogen (secondary N) is 1. The fourth-order valence-electron chi connectivity index (χ4n) is 1.67. The van der Waals surface area contributed by atoms with E-state index >= 15 is 0 Å². The summed E-state index contributed by atoms with van der Waals surface area (Å²) in [7, 11) is 1.51. The van der Waals surface area contributed by atoms with Gasteiger partial charge >= 0.3 is 6.18 Å². The lowest BCUT2D eigenvalue weighted by molar-refractivity contribution is -0.136. The van der Waals surface area contributed by atoms with Gasteiger partial charge in [0.2, 0.25) is 0 Å². The Labute approximate surface area is 117 Å². The molecule has 0 saturated heterocycles. The van der Waals surface area contributed by atoms with E-state index in [0.29, 0.717) is 18.0 Å². The zero-order chi connectivity index (χ0) is 15.0. The Bertz CT molecular complexity index is 408. The highest BCUT2D eigenvalue weighted by Gasteiger charge is 2.26. The summed E-state index contributed by atoms with van der Waals surface area (Å²) in [6, 6.07) is 5.41. The summed E-state index contributed by atoms with van der Waals surface area (Å²) in [5.41, 5.74) is 1.03. The molecule has 0 aromatic heterocycles. The van der Waals surface area contributed by atoms with Crippen molar-refractivity contribution in [2.75, 3.05) is 20.3 Å². The minimum atomic E-state index is -4.14. The van der Waals surface area contributed by atoms with Crippen LogP contribution in [0, 0.1) is 0 Å². The van der Waals surface area contributed by atoms with Crippen LogP contribution in [0.4, 0.5) is 13.2 Å². The predicted molar refractivity (Wildman–Crippen MR) is 71.2 cm³/mol. The Balaban J connectivity index is 2.52. The van der Waals surface area contributed by atoms with Crippen LogP contribution in [0.5, 0.6) is 11.5 Å². The van der Waals surface area contributed by atoms with Crippen molar-refractivity contribution >= 4 is 0 Å². The number of ether oxygens (including phenoxy) is 2. The highest BCUT2D eigenvalue weighted by molar-refractivity contribution is 5.42. The maximum absolute atomic E-state index is 12.0. The average Bonchev–Trinajstić information content (AvgIpc) is 2.40. The summed E-state index contributed by atoms with van der Waals surface area (Å²) in [5, 5.41) is 3.18. The van der Waals surface area contributed by atoms with Gasteiger partial charge in [0, 0.05) is 13.0 Å². The van der Waals surface area contributed by atoms with Gasteiger partial charge in [-0.2, -0.15) is 13.2 Å². The van der Waals surface area contributed by atoms with E-state index in [-0.39, 0.29) is 13.0 Å². The number of hydrogen-bond acceptors (Lipinski definition) is 3. The van der Waals surface area contributed by atoms with Crippen LogP contribution in [0.3, 0.4) is 0 Å². The standard InChI is InChI=1S/C14H20F3NO2/c1-3-18-10-11-5-6-12(13(9-11)19-2)20-8-4-7-14(15,16)17/h5-6,9,18H,3-4,7-8,10H2,1-2H3. The number of benzene rings is 1. The summed E-state index contributed by atoms with van der Waals surface area (Å²) in [5.74, 6) is 1.00. The summed E-state index contributed by atoms with van der Waals surface area (Å²) in [6.45, 7) is 3.59. The topological polar surface area (TPSA) is 30.5 Å². The molecule has 1 N–H and O–H groups in total. The van der Waals surface area contributed by atoms with Crippen LogP contribution in [0.25, 0.3) is 0 Å². The highest BCUT2D eigenvalue weighted by Crippen LogP contribution is 2.29. The number of halogens is 3. The molecule has 1 aromatic rings. The first-order valence-corrected chi connectivity index (χ1v) is 6.53. The third-order valence-electron chi connectivity index (χ3n) is 2.67. The van der Waals surface area contributed by atoms with E-state index in [1.165, 1.54) is 7.11 Å². The molecule has 0 aliphatic heterocycles. The van der Waals surface area contributed by atoms with E-state index in [0.717, 1.165) is 12.1 Å². The van der Waals surface area contributed by atoms with Crippen LogP contribution in [0.1, 0.15) is 25.3 Å². The van der Waals surface area contributed by atoms with Gasteiger partial charge in [-0.05, 0) is 30.7 Å². The SMILES string of the molecule is CCNCc1ccc(OCCCC(F)(F)F)c(OC)c1. The maximum atomic E-state index is 12.0. The van der Waals surface area contributed by atoms with Crippen LogP contribution in [-0.4, -0.2) is 26.4 Å². The molecule has 114 valence electrons. The fourth-order valence-corrected chi connectivity index (χ4v) is 1.67. The van der Waals surface area contributed by atoms with Crippen LogP contribution < -0.4 is 14.8 Å². The van der Waals surface area contributed by atoms with Crippen molar-refractivity contribution in [2.45, 2.75) is 32.5 Å². The van der Waals surface area contributed by atoms with E-state index in [4.69, 9.17) is 9.47 Å². The van der Waals surface area contributed by atoms with E-state index in [1.807, 2.05) is 19.1 Å². The fraction of sp³-hybridized carbons (Fsp3) is 0.571. The molecule has 0 amide bonds. The Hall–Kier alpha value is -1.43. The molecular weight excluding hydrogens is 271 g/mol.